The van der Waals surface area contributed by atoms with E-state index in [-0.39, 0.29) is 6.42 Å². The second kappa shape index (κ2) is 8.62. The van der Waals surface area contributed by atoms with Gasteiger partial charge in [0.2, 0.25) is 11.5 Å². The van der Waals surface area contributed by atoms with Crippen molar-refractivity contribution < 1.29 is 29.1 Å². The Balaban J connectivity index is 2.32. The molecule has 0 aliphatic heterocycles. The van der Waals surface area contributed by atoms with Crippen molar-refractivity contribution in [3.8, 4) is 0 Å². The molecule has 0 heterocycles. The first-order chi connectivity index (χ1) is 14.4. The van der Waals surface area contributed by atoms with Crippen LogP contribution in [0.1, 0.15) is 29.4 Å². The van der Waals surface area contributed by atoms with Gasteiger partial charge in [-0.15, -0.1) is 0 Å². The molecule has 0 unspecified atom stereocenters. The molecule has 3 rings (SSSR count). The molecule has 2 aromatic rings. The summed E-state index contributed by atoms with van der Waals surface area (Å²) in [5, 5.41) is 23.5. The summed E-state index contributed by atoms with van der Waals surface area (Å²) >= 11 is 0. The van der Waals surface area contributed by atoms with Gasteiger partial charge in [-0.1, -0.05) is 60.7 Å². The number of carbonyl (C=O) groups is 2. The van der Waals surface area contributed by atoms with Gasteiger partial charge in [0.05, 0.1) is 32.2 Å². The number of hydrogen-bond acceptors (Lipinski definition) is 7. The Morgan fingerprint density at radius 2 is 1.43 bits per heavy atom. The van der Waals surface area contributed by atoms with Crippen molar-refractivity contribution in [2.45, 2.75) is 30.4 Å². The summed E-state index contributed by atoms with van der Waals surface area (Å²) in [7, 11) is 2.15. The lowest BCUT2D eigenvalue weighted by molar-refractivity contribution is -0.538. The van der Waals surface area contributed by atoms with E-state index in [9.17, 15) is 24.8 Å². The van der Waals surface area contributed by atoms with E-state index in [0.717, 1.165) is 14.2 Å². The predicted molar refractivity (Wildman–Crippen MR) is 106 cm³/mol. The topological polar surface area (TPSA) is 116 Å². The average molecular weight is 413 g/mol. The molecule has 1 aliphatic rings. The van der Waals surface area contributed by atoms with Crippen LogP contribution in [0.25, 0.3) is 0 Å². The SMILES string of the molecule is COC(=O)C1(C(=O)OC)[C@H](O)C[C@@H](c2ccccc2)[C@@H]([N+](=O)[O-])[C@@H]1c1ccccc1. The molecule has 0 amide bonds. The fourth-order valence-electron chi connectivity index (χ4n) is 4.64. The Bertz CT molecular complexity index is 900. The van der Waals surface area contributed by atoms with E-state index >= 15 is 0 Å². The van der Waals surface area contributed by atoms with Crippen LogP contribution in [-0.2, 0) is 19.1 Å². The van der Waals surface area contributed by atoms with Crippen molar-refractivity contribution in [1.29, 1.82) is 0 Å². The van der Waals surface area contributed by atoms with Crippen molar-refractivity contribution in [3.05, 3.63) is 81.9 Å². The second-order valence-corrected chi connectivity index (χ2v) is 7.29. The van der Waals surface area contributed by atoms with E-state index in [4.69, 9.17) is 9.47 Å². The largest absolute Gasteiger partial charge is 0.468 e. The van der Waals surface area contributed by atoms with Gasteiger partial charge in [0, 0.05) is 4.92 Å². The number of methoxy groups -OCH3 is 2. The van der Waals surface area contributed by atoms with Gasteiger partial charge in [0.25, 0.3) is 0 Å². The van der Waals surface area contributed by atoms with Gasteiger partial charge >= 0.3 is 11.9 Å². The third-order valence-corrected chi connectivity index (χ3v) is 5.92. The van der Waals surface area contributed by atoms with E-state index in [0.29, 0.717) is 11.1 Å². The van der Waals surface area contributed by atoms with Gasteiger partial charge in [-0.3, -0.25) is 19.7 Å². The fraction of sp³-hybridized carbons (Fsp3) is 0.364. The van der Waals surface area contributed by atoms with Crippen molar-refractivity contribution in [3.63, 3.8) is 0 Å². The zero-order valence-corrected chi connectivity index (χ0v) is 16.6. The molecule has 8 nitrogen and oxygen atoms in total. The fourth-order valence-corrected chi connectivity index (χ4v) is 4.64. The van der Waals surface area contributed by atoms with Crippen molar-refractivity contribution >= 4 is 11.9 Å². The van der Waals surface area contributed by atoms with E-state index in [1.807, 2.05) is 0 Å². The van der Waals surface area contributed by atoms with E-state index in [2.05, 4.69) is 0 Å². The van der Waals surface area contributed by atoms with Crippen LogP contribution >= 0.6 is 0 Å². The number of aliphatic hydroxyl groups is 1. The van der Waals surface area contributed by atoms with E-state index < -0.39 is 46.3 Å². The molecule has 2 aromatic carbocycles. The molecule has 4 atom stereocenters. The van der Waals surface area contributed by atoms with Gasteiger partial charge < -0.3 is 14.6 Å². The molecule has 0 aromatic heterocycles. The Kier molecular flexibility index (Phi) is 6.17. The van der Waals surface area contributed by atoms with Crippen LogP contribution in [0.3, 0.4) is 0 Å². The summed E-state index contributed by atoms with van der Waals surface area (Å²) in [6.45, 7) is 0. The lowest BCUT2D eigenvalue weighted by atomic mass is 9.56. The Hall–Kier alpha value is -3.26. The highest BCUT2D eigenvalue weighted by molar-refractivity contribution is 6.02. The number of carbonyl (C=O) groups excluding carboxylic acids is 2. The molecule has 0 saturated heterocycles. The first kappa shape index (κ1) is 21.4. The predicted octanol–water partition coefficient (Wildman–Crippen LogP) is 2.30. The van der Waals surface area contributed by atoms with Gasteiger partial charge in [-0.25, -0.2) is 0 Å². The summed E-state index contributed by atoms with van der Waals surface area (Å²) < 4.78 is 9.77. The summed E-state index contributed by atoms with van der Waals surface area (Å²) in [5.74, 6) is -4.16. The maximum Gasteiger partial charge on any atom is 0.326 e. The molecular weight excluding hydrogens is 390 g/mol. The number of ether oxygens (including phenoxy) is 2. The molecule has 0 spiro atoms. The third kappa shape index (κ3) is 3.33. The lowest BCUT2D eigenvalue weighted by Gasteiger charge is -2.46. The highest BCUT2D eigenvalue weighted by Gasteiger charge is 2.69. The summed E-state index contributed by atoms with van der Waals surface area (Å²) in [6.07, 6.45) is -1.73. The van der Waals surface area contributed by atoms with Crippen LogP contribution in [0.5, 0.6) is 0 Å². The summed E-state index contributed by atoms with van der Waals surface area (Å²) in [4.78, 5) is 37.9. The zero-order valence-electron chi connectivity index (χ0n) is 16.6. The number of hydrogen-bond donors (Lipinski definition) is 1. The molecule has 1 saturated carbocycles. The number of aliphatic hydroxyl groups excluding tert-OH is 1. The van der Waals surface area contributed by atoms with Crippen LogP contribution in [0.4, 0.5) is 0 Å². The smallest absolute Gasteiger partial charge is 0.326 e. The monoisotopic (exact) mass is 413 g/mol. The van der Waals surface area contributed by atoms with E-state index in [1.165, 1.54) is 0 Å². The molecule has 158 valence electrons. The second-order valence-electron chi connectivity index (χ2n) is 7.29. The molecule has 30 heavy (non-hydrogen) atoms. The highest BCUT2D eigenvalue weighted by Crippen LogP contribution is 2.54. The number of rotatable bonds is 5. The Morgan fingerprint density at radius 3 is 1.87 bits per heavy atom. The normalized spacial score (nSPS) is 25.2. The first-order valence-electron chi connectivity index (χ1n) is 9.47. The number of benzene rings is 2. The molecule has 1 aliphatic carbocycles. The minimum Gasteiger partial charge on any atom is -0.468 e. The zero-order chi connectivity index (χ0) is 21.9. The quantitative estimate of drug-likeness (QED) is 0.346. The summed E-state index contributed by atoms with van der Waals surface area (Å²) in [6, 6.07) is 15.6. The molecular formula is C22H23NO7. The van der Waals surface area contributed by atoms with Crippen LogP contribution in [-0.4, -0.2) is 48.3 Å². The van der Waals surface area contributed by atoms with Gasteiger partial charge in [0.15, 0.2) is 0 Å². The van der Waals surface area contributed by atoms with Crippen molar-refractivity contribution in [2.24, 2.45) is 5.41 Å². The Morgan fingerprint density at radius 1 is 0.967 bits per heavy atom. The minimum absolute atomic E-state index is 0.177. The van der Waals surface area contributed by atoms with Crippen LogP contribution in [0, 0.1) is 15.5 Å². The third-order valence-electron chi connectivity index (χ3n) is 5.92. The lowest BCUT2D eigenvalue weighted by Crippen LogP contribution is -2.62. The molecule has 1 N–H and O–H groups in total. The maximum absolute atomic E-state index is 13.0. The van der Waals surface area contributed by atoms with Crippen molar-refractivity contribution in [2.75, 3.05) is 14.2 Å². The average Bonchev–Trinajstić information content (AvgIpc) is 2.78. The van der Waals surface area contributed by atoms with Crippen LogP contribution in [0.2, 0.25) is 0 Å². The van der Waals surface area contributed by atoms with Gasteiger partial charge in [0.1, 0.15) is 0 Å². The highest BCUT2D eigenvalue weighted by atomic mass is 16.6. The molecule has 0 bridgehead atoms. The molecule has 8 heteroatoms. The standard InChI is InChI=1S/C22H23NO7/c1-29-20(25)22(21(26)30-2)17(24)13-16(14-9-5-3-6-10-14)19(23(27)28)18(22)15-11-7-4-8-12-15/h3-12,16-19,24H,13H2,1-2H3/t16-,17+,18-,19+/m0/s1. The van der Waals surface area contributed by atoms with Gasteiger partial charge in [-0.05, 0) is 17.5 Å². The van der Waals surface area contributed by atoms with Crippen LogP contribution in [0.15, 0.2) is 60.7 Å². The number of nitro groups is 1. The first-order valence-corrected chi connectivity index (χ1v) is 9.47. The minimum atomic E-state index is -2.27. The Labute approximate surface area is 173 Å². The number of esters is 2. The number of nitrogens with zero attached hydrogens (tertiary/aromatic N) is 1. The van der Waals surface area contributed by atoms with Gasteiger partial charge in [-0.2, -0.15) is 0 Å². The van der Waals surface area contributed by atoms with Crippen molar-refractivity contribution in [1.82, 2.24) is 0 Å². The van der Waals surface area contributed by atoms with Crippen LogP contribution < -0.4 is 0 Å². The summed E-state index contributed by atoms with van der Waals surface area (Å²) in [5.41, 5.74) is -1.26. The molecule has 1 fully saturated rings. The molecule has 0 radical (unpaired) electrons. The maximum atomic E-state index is 13.0. The van der Waals surface area contributed by atoms with E-state index in [1.54, 1.807) is 60.7 Å².